The number of nitrogens with zero attached hydrogens (tertiary/aromatic N) is 4. The molecule has 0 unspecified atom stereocenters. The fourth-order valence-corrected chi connectivity index (χ4v) is 2.18. The number of rotatable bonds is 4. The molecule has 1 aromatic rings. The van der Waals surface area contributed by atoms with Crippen LogP contribution in [0.2, 0.25) is 0 Å². The third kappa shape index (κ3) is 3.52. The molecule has 1 saturated heterocycles. The molecule has 1 aliphatic heterocycles. The number of hydrogen-bond acceptors (Lipinski definition) is 4. The molecular formula is C12H19N5O2. The van der Waals surface area contributed by atoms with Gasteiger partial charge >= 0.3 is 0 Å². The summed E-state index contributed by atoms with van der Waals surface area (Å²) in [5, 5.41) is 6.92. The second-order valence-corrected chi connectivity index (χ2v) is 5.03. The van der Waals surface area contributed by atoms with E-state index in [2.05, 4.69) is 15.4 Å². The van der Waals surface area contributed by atoms with Crippen LogP contribution in [0.1, 0.15) is 19.8 Å². The first kappa shape index (κ1) is 13.5. The number of carbonyl (C=O) groups excluding carboxylic acids is 2. The summed E-state index contributed by atoms with van der Waals surface area (Å²) in [5.41, 5.74) is 0. The Hall–Kier alpha value is -1.92. The normalized spacial score (nSPS) is 21.3. The van der Waals surface area contributed by atoms with Gasteiger partial charge in [0.25, 0.3) is 0 Å². The molecule has 0 radical (unpaired) electrons. The number of piperidine rings is 1. The Labute approximate surface area is 112 Å². The first-order valence-corrected chi connectivity index (χ1v) is 6.43. The maximum absolute atomic E-state index is 12.1. The van der Waals surface area contributed by atoms with Crippen molar-refractivity contribution in [3.05, 3.63) is 12.7 Å². The first-order chi connectivity index (χ1) is 9.06. The van der Waals surface area contributed by atoms with Crippen molar-refractivity contribution in [1.82, 2.24) is 25.0 Å². The molecule has 1 N–H and O–H groups in total. The Morgan fingerprint density at radius 2 is 2.42 bits per heavy atom. The predicted octanol–water partition coefficient (Wildman–Crippen LogP) is -0.349. The van der Waals surface area contributed by atoms with Crippen molar-refractivity contribution in [2.24, 2.45) is 5.92 Å². The van der Waals surface area contributed by atoms with E-state index in [4.69, 9.17) is 0 Å². The molecule has 0 aliphatic carbocycles. The van der Waals surface area contributed by atoms with Crippen LogP contribution in [0.25, 0.3) is 0 Å². The van der Waals surface area contributed by atoms with Crippen LogP contribution in [0.15, 0.2) is 12.7 Å². The van der Waals surface area contributed by atoms with Crippen molar-refractivity contribution < 1.29 is 9.59 Å². The molecule has 7 nitrogen and oxygen atoms in total. The van der Waals surface area contributed by atoms with Crippen molar-refractivity contribution in [3.8, 4) is 0 Å². The highest BCUT2D eigenvalue weighted by Crippen LogP contribution is 2.17. The third-order valence-corrected chi connectivity index (χ3v) is 3.35. The Morgan fingerprint density at radius 1 is 1.63 bits per heavy atom. The Bertz CT molecular complexity index is 445. The van der Waals surface area contributed by atoms with E-state index in [0.717, 1.165) is 6.42 Å². The maximum atomic E-state index is 12.1. The van der Waals surface area contributed by atoms with Crippen molar-refractivity contribution in [2.45, 2.75) is 32.4 Å². The molecule has 0 spiro atoms. The minimum absolute atomic E-state index is 0.0373. The summed E-state index contributed by atoms with van der Waals surface area (Å²) >= 11 is 0. The zero-order valence-corrected chi connectivity index (χ0v) is 11.2. The average molecular weight is 265 g/mol. The van der Waals surface area contributed by atoms with E-state index in [1.54, 1.807) is 23.0 Å². The molecule has 0 aromatic carbocycles. The SMILES string of the molecule is C[C@H](Cn1cncn1)NC(=O)[C@H]1CCN(C)C(=O)C1. The molecule has 1 fully saturated rings. The van der Waals surface area contributed by atoms with Gasteiger partial charge < -0.3 is 10.2 Å². The van der Waals surface area contributed by atoms with Crippen LogP contribution in [0.3, 0.4) is 0 Å². The van der Waals surface area contributed by atoms with Crippen LogP contribution in [0.5, 0.6) is 0 Å². The van der Waals surface area contributed by atoms with E-state index in [1.807, 2.05) is 6.92 Å². The van der Waals surface area contributed by atoms with Crippen molar-refractivity contribution in [2.75, 3.05) is 13.6 Å². The molecule has 0 bridgehead atoms. The van der Waals surface area contributed by atoms with E-state index >= 15 is 0 Å². The fraction of sp³-hybridized carbons (Fsp3) is 0.667. The maximum Gasteiger partial charge on any atom is 0.223 e. The average Bonchev–Trinajstić information content (AvgIpc) is 2.85. The predicted molar refractivity (Wildman–Crippen MR) is 68.0 cm³/mol. The third-order valence-electron chi connectivity index (χ3n) is 3.35. The van der Waals surface area contributed by atoms with Gasteiger partial charge in [-0.25, -0.2) is 4.98 Å². The smallest absolute Gasteiger partial charge is 0.223 e. The largest absolute Gasteiger partial charge is 0.352 e. The molecule has 1 aromatic heterocycles. The number of likely N-dealkylation sites (tertiary alicyclic amines) is 1. The highest BCUT2D eigenvalue weighted by atomic mass is 16.2. The lowest BCUT2D eigenvalue weighted by molar-refractivity contribution is -0.139. The summed E-state index contributed by atoms with van der Waals surface area (Å²) in [6.07, 6.45) is 4.11. The van der Waals surface area contributed by atoms with Crippen LogP contribution in [-0.4, -0.2) is 51.1 Å². The van der Waals surface area contributed by atoms with Crippen LogP contribution < -0.4 is 5.32 Å². The van der Waals surface area contributed by atoms with Gasteiger partial charge in [-0.15, -0.1) is 0 Å². The number of hydrogen-bond donors (Lipinski definition) is 1. The molecular weight excluding hydrogens is 246 g/mol. The molecule has 2 heterocycles. The molecule has 7 heteroatoms. The van der Waals surface area contributed by atoms with E-state index in [0.29, 0.717) is 19.5 Å². The highest BCUT2D eigenvalue weighted by Gasteiger charge is 2.29. The lowest BCUT2D eigenvalue weighted by Gasteiger charge is -2.28. The van der Waals surface area contributed by atoms with Gasteiger partial charge in [0.15, 0.2) is 0 Å². The summed E-state index contributed by atoms with van der Waals surface area (Å²) < 4.78 is 1.67. The minimum atomic E-state index is -0.207. The van der Waals surface area contributed by atoms with E-state index in [9.17, 15) is 9.59 Å². The van der Waals surface area contributed by atoms with Crippen molar-refractivity contribution in [1.29, 1.82) is 0 Å². The number of carbonyl (C=O) groups is 2. The van der Waals surface area contributed by atoms with E-state index < -0.39 is 0 Å². The van der Waals surface area contributed by atoms with Crippen LogP contribution in [0.4, 0.5) is 0 Å². The monoisotopic (exact) mass is 265 g/mol. The molecule has 2 atom stereocenters. The molecule has 104 valence electrons. The second-order valence-electron chi connectivity index (χ2n) is 5.03. The van der Waals surface area contributed by atoms with Gasteiger partial charge in [0.05, 0.1) is 6.54 Å². The van der Waals surface area contributed by atoms with Gasteiger partial charge in [0.1, 0.15) is 12.7 Å². The van der Waals surface area contributed by atoms with Crippen LogP contribution in [0, 0.1) is 5.92 Å². The van der Waals surface area contributed by atoms with E-state index in [-0.39, 0.29) is 23.8 Å². The van der Waals surface area contributed by atoms with Crippen LogP contribution >= 0.6 is 0 Å². The summed E-state index contributed by atoms with van der Waals surface area (Å²) in [6, 6.07) is -0.0380. The zero-order valence-electron chi connectivity index (χ0n) is 11.2. The summed E-state index contributed by atoms with van der Waals surface area (Å²) in [6.45, 7) is 3.14. The minimum Gasteiger partial charge on any atom is -0.352 e. The zero-order chi connectivity index (χ0) is 13.8. The van der Waals surface area contributed by atoms with Gasteiger partial charge in [-0.1, -0.05) is 0 Å². The standard InChI is InChI=1S/C12H19N5O2/c1-9(6-17-8-13-7-14-17)15-12(19)10-3-4-16(2)11(18)5-10/h7-10H,3-6H2,1-2H3,(H,15,19)/t9-,10+/m1/s1. The molecule has 2 rings (SSSR count). The first-order valence-electron chi connectivity index (χ1n) is 6.43. The van der Waals surface area contributed by atoms with Crippen LogP contribution in [-0.2, 0) is 16.1 Å². The number of aromatic nitrogens is 3. The fourth-order valence-electron chi connectivity index (χ4n) is 2.18. The lowest BCUT2D eigenvalue weighted by atomic mass is 9.95. The molecule has 19 heavy (non-hydrogen) atoms. The van der Waals surface area contributed by atoms with Gasteiger partial charge in [0.2, 0.25) is 11.8 Å². The summed E-state index contributed by atoms with van der Waals surface area (Å²) in [4.78, 5) is 29.2. The van der Waals surface area contributed by atoms with Crippen molar-refractivity contribution in [3.63, 3.8) is 0 Å². The number of nitrogens with one attached hydrogen (secondary N) is 1. The molecule has 2 amide bonds. The molecule has 0 saturated carbocycles. The topological polar surface area (TPSA) is 80.1 Å². The number of amides is 2. The van der Waals surface area contributed by atoms with Gasteiger partial charge in [-0.2, -0.15) is 5.10 Å². The Balaban J connectivity index is 1.82. The quantitative estimate of drug-likeness (QED) is 0.807. The van der Waals surface area contributed by atoms with Gasteiger partial charge in [0, 0.05) is 32.0 Å². The van der Waals surface area contributed by atoms with E-state index in [1.165, 1.54) is 6.33 Å². The second kappa shape index (κ2) is 5.81. The van der Waals surface area contributed by atoms with Crippen molar-refractivity contribution >= 4 is 11.8 Å². The lowest BCUT2D eigenvalue weighted by Crippen LogP contribution is -2.45. The summed E-state index contributed by atoms with van der Waals surface area (Å²) in [5.74, 6) is -0.216. The van der Waals surface area contributed by atoms with Gasteiger partial charge in [-0.05, 0) is 13.3 Å². The summed E-state index contributed by atoms with van der Waals surface area (Å²) in [7, 11) is 1.77. The Kier molecular flexibility index (Phi) is 4.13. The molecule has 1 aliphatic rings. The van der Waals surface area contributed by atoms with Gasteiger partial charge in [-0.3, -0.25) is 14.3 Å². The highest BCUT2D eigenvalue weighted by molar-refractivity contribution is 5.86. The Morgan fingerprint density at radius 3 is 3.05 bits per heavy atom.